The van der Waals surface area contributed by atoms with Crippen LogP contribution in [0, 0.1) is 6.92 Å². The van der Waals surface area contributed by atoms with E-state index in [0.29, 0.717) is 4.67 Å². The predicted molar refractivity (Wildman–Crippen MR) is 62.1 cm³/mol. The summed E-state index contributed by atoms with van der Waals surface area (Å²) in [5.74, 6) is 0. The molecule has 0 aliphatic carbocycles. The Balaban J connectivity index is 2.60. The summed E-state index contributed by atoms with van der Waals surface area (Å²) >= 11 is 6.68. The quantitative estimate of drug-likeness (QED) is 0.789. The van der Waals surface area contributed by atoms with Gasteiger partial charge in [-0.2, -0.15) is 0 Å². The highest BCUT2D eigenvalue weighted by molar-refractivity contribution is 9.13. The first-order valence-electron chi connectivity index (χ1n) is 4.07. The Bertz CT molecular complexity index is 465. The molecule has 0 saturated heterocycles. The molecule has 4 heteroatoms. The number of aromatic nitrogens is 1. The zero-order chi connectivity index (χ0) is 10.1. The molecule has 0 saturated carbocycles. The molecule has 0 amide bonds. The van der Waals surface area contributed by atoms with Gasteiger partial charge in [-0.15, -0.1) is 0 Å². The van der Waals surface area contributed by atoms with Crippen molar-refractivity contribution in [2.24, 2.45) is 0 Å². The maximum absolute atomic E-state index is 5.02. The largest absolute Gasteiger partial charge is 0.347 e. The minimum Gasteiger partial charge on any atom is -0.347 e. The standard InChI is InChI=1S/C10H7Br2NO/c1-6-4-2-3-5-7(6)9-8(11)10(12)14-13-9/h2-5H,1H3. The van der Waals surface area contributed by atoms with Gasteiger partial charge in [-0.3, -0.25) is 0 Å². The van der Waals surface area contributed by atoms with Gasteiger partial charge in [0.25, 0.3) is 0 Å². The van der Waals surface area contributed by atoms with Crippen LogP contribution in [0.1, 0.15) is 5.56 Å². The van der Waals surface area contributed by atoms with Crippen LogP contribution in [0.4, 0.5) is 0 Å². The smallest absolute Gasteiger partial charge is 0.216 e. The van der Waals surface area contributed by atoms with Gasteiger partial charge >= 0.3 is 0 Å². The van der Waals surface area contributed by atoms with Crippen molar-refractivity contribution in [1.82, 2.24) is 5.16 Å². The van der Waals surface area contributed by atoms with E-state index in [9.17, 15) is 0 Å². The van der Waals surface area contributed by atoms with E-state index in [2.05, 4.69) is 37.0 Å². The van der Waals surface area contributed by atoms with E-state index in [0.717, 1.165) is 15.7 Å². The Morgan fingerprint density at radius 1 is 1.21 bits per heavy atom. The molecule has 72 valence electrons. The van der Waals surface area contributed by atoms with Gasteiger partial charge in [0, 0.05) is 5.56 Å². The second-order valence-electron chi connectivity index (χ2n) is 2.93. The summed E-state index contributed by atoms with van der Waals surface area (Å²) in [6.45, 7) is 2.05. The highest BCUT2D eigenvalue weighted by Gasteiger charge is 2.13. The molecular weight excluding hydrogens is 310 g/mol. The van der Waals surface area contributed by atoms with Gasteiger partial charge in [0.1, 0.15) is 5.69 Å². The summed E-state index contributed by atoms with van der Waals surface area (Å²) in [5.41, 5.74) is 3.08. The second-order valence-corrected chi connectivity index (χ2v) is 4.45. The van der Waals surface area contributed by atoms with Gasteiger partial charge in [0.05, 0.1) is 4.47 Å². The van der Waals surface area contributed by atoms with E-state index in [1.165, 1.54) is 5.56 Å². The highest BCUT2D eigenvalue weighted by atomic mass is 79.9. The molecule has 0 atom stereocenters. The number of hydrogen-bond donors (Lipinski definition) is 0. The van der Waals surface area contributed by atoms with Crippen molar-refractivity contribution >= 4 is 31.9 Å². The molecular formula is C10H7Br2NO. The summed E-state index contributed by atoms with van der Waals surface area (Å²) in [4.78, 5) is 0. The van der Waals surface area contributed by atoms with Gasteiger partial charge in [0.15, 0.2) is 0 Å². The minimum absolute atomic E-state index is 0.621. The van der Waals surface area contributed by atoms with Gasteiger partial charge in [-0.1, -0.05) is 29.4 Å². The molecule has 0 unspecified atom stereocenters. The fourth-order valence-corrected chi connectivity index (χ4v) is 1.88. The Hall–Kier alpha value is -0.610. The molecule has 2 rings (SSSR count). The molecule has 0 spiro atoms. The lowest BCUT2D eigenvalue weighted by molar-refractivity contribution is 0.401. The molecule has 14 heavy (non-hydrogen) atoms. The van der Waals surface area contributed by atoms with Crippen molar-refractivity contribution in [1.29, 1.82) is 0 Å². The minimum atomic E-state index is 0.621. The first-order valence-corrected chi connectivity index (χ1v) is 5.65. The molecule has 2 nitrogen and oxygen atoms in total. The third kappa shape index (κ3) is 1.64. The third-order valence-corrected chi connectivity index (χ3v) is 3.81. The normalized spacial score (nSPS) is 10.5. The van der Waals surface area contributed by atoms with Crippen molar-refractivity contribution in [3.05, 3.63) is 39.0 Å². The fraction of sp³-hybridized carbons (Fsp3) is 0.100. The number of aryl methyl sites for hydroxylation is 1. The second kappa shape index (κ2) is 3.87. The topological polar surface area (TPSA) is 26.0 Å². The Morgan fingerprint density at radius 3 is 2.50 bits per heavy atom. The van der Waals surface area contributed by atoms with Crippen LogP contribution in [0.15, 0.2) is 37.9 Å². The lowest BCUT2D eigenvalue weighted by Gasteiger charge is -2.00. The molecule has 0 aliphatic rings. The number of nitrogens with zero attached hydrogens (tertiary/aromatic N) is 1. The molecule has 0 N–H and O–H groups in total. The van der Waals surface area contributed by atoms with Gasteiger partial charge < -0.3 is 4.52 Å². The van der Waals surface area contributed by atoms with Crippen molar-refractivity contribution in [2.75, 3.05) is 0 Å². The summed E-state index contributed by atoms with van der Waals surface area (Å²) < 4.78 is 6.50. The van der Waals surface area contributed by atoms with E-state index in [1.807, 2.05) is 31.2 Å². The summed E-state index contributed by atoms with van der Waals surface area (Å²) in [7, 11) is 0. The van der Waals surface area contributed by atoms with Crippen LogP contribution in [0.3, 0.4) is 0 Å². The van der Waals surface area contributed by atoms with E-state index in [4.69, 9.17) is 4.52 Å². The maximum atomic E-state index is 5.02. The van der Waals surface area contributed by atoms with Gasteiger partial charge in [0.2, 0.25) is 4.67 Å². The van der Waals surface area contributed by atoms with Crippen LogP contribution >= 0.6 is 31.9 Å². The molecule has 1 aromatic carbocycles. The molecule has 2 aromatic rings. The average molecular weight is 317 g/mol. The van der Waals surface area contributed by atoms with Crippen LogP contribution in [-0.2, 0) is 0 Å². The van der Waals surface area contributed by atoms with Crippen molar-refractivity contribution in [3.63, 3.8) is 0 Å². The van der Waals surface area contributed by atoms with Crippen LogP contribution < -0.4 is 0 Å². The summed E-state index contributed by atoms with van der Waals surface area (Å²) in [6.07, 6.45) is 0. The van der Waals surface area contributed by atoms with Crippen LogP contribution in [0.25, 0.3) is 11.3 Å². The van der Waals surface area contributed by atoms with Crippen LogP contribution in [0.2, 0.25) is 0 Å². The Morgan fingerprint density at radius 2 is 1.93 bits per heavy atom. The zero-order valence-corrected chi connectivity index (χ0v) is 10.6. The summed E-state index contributed by atoms with van der Waals surface area (Å²) in [5, 5.41) is 3.98. The maximum Gasteiger partial charge on any atom is 0.216 e. The molecule has 1 heterocycles. The lowest BCUT2D eigenvalue weighted by Crippen LogP contribution is -1.82. The number of rotatable bonds is 1. The number of hydrogen-bond acceptors (Lipinski definition) is 2. The molecule has 0 aliphatic heterocycles. The fourth-order valence-electron chi connectivity index (χ4n) is 1.26. The van der Waals surface area contributed by atoms with Crippen molar-refractivity contribution in [2.45, 2.75) is 6.92 Å². The lowest BCUT2D eigenvalue weighted by atomic mass is 10.1. The first kappa shape index (κ1) is 9.93. The SMILES string of the molecule is Cc1ccccc1-c1noc(Br)c1Br. The van der Waals surface area contributed by atoms with E-state index in [-0.39, 0.29) is 0 Å². The van der Waals surface area contributed by atoms with Crippen molar-refractivity contribution < 1.29 is 4.52 Å². The average Bonchev–Trinajstić information content (AvgIpc) is 2.49. The molecule has 0 bridgehead atoms. The number of halogens is 2. The molecule has 0 radical (unpaired) electrons. The zero-order valence-electron chi connectivity index (χ0n) is 7.42. The van der Waals surface area contributed by atoms with E-state index in [1.54, 1.807) is 0 Å². The molecule has 0 fully saturated rings. The third-order valence-electron chi connectivity index (χ3n) is 2.00. The molecule has 1 aromatic heterocycles. The summed E-state index contributed by atoms with van der Waals surface area (Å²) in [6, 6.07) is 8.05. The van der Waals surface area contributed by atoms with E-state index >= 15 is 0 Å². The number of benzene rings is 1. The van der Waals surface area contributed by atoms with Gasteiger partial charge in [-0.05, 0) is 44.3 Å². The predicted octanol–water partition coefficient (Wildman–Crippen LogP) is 4.18. The van der Waals surface area contributed by atoms with Crippen LogP contribution in [0.5, 0.6) is 0 Å². The highest BCUT2D eigenvalue weighted by Crippen LogP contribution is 2.34. The monoisotopic (exact) mass is 315 g/mol. The Labute approximate surface area is 98.6 Å². The van der Waals surface area contributed by atoms with Crippen LogP contribution in [-0.4, -0.2) is 5.16 Å². The van der Waals surface area contributed by atoms with Gasteiger partial charge in [-0.25, -0.2) is 0 Å². The first-order chi connectivity index (χ1) is 6.70. The van der Waals surface area contributed by atoms with E-state index < -0.39 is 0 Å². The Kier molecular flexibility index (Phi) is 2.74. The van der Waals surface area contributed by atoms with Crippen molar-refractivity contribution in [3.8, 4) is 11.3 Å².